The van der Waals surface area contributed by atoms with E-state index in [9.17, 15) is 0 Å². The molecular formula is C21H18N2S. The second kappa shape index (κ2) is 6.54. The number of rotatable bonds is 3. The third-order valence-corrected chi connectivity index (χ3v) is 5.28. The Hall–Kier alpha value is -2.52. The Balaban J connectivity index is 1.64. The van der Waals surface area contributed by atoms with Crippen molar-refractivity contribution in [2.24, 2.45) is 0 Å². The summed E-state index contributed by atoms with van der Waals surface area (Å²) >= 11 is 1.83. The summed E-state index contributed by atoms with van der Waals surface area (Å²) in [4.78, 5) is 8.10. The van der Waals surface area contributed by atoms with E-state index >= 15 is 0 Å². The summed E-state index contributed by atoms with van der Waals surface area (Å²) < 4.78 is 0. The zero-order chi connectivity index (χ0) is 16.4. The Bertz CT molecular complexity index is 938. The van der Waals surface area contributed by atoms with Crippen LogP contribution in [0, 0.1) is 0 Å². The Morgan fingerprint density at radius 3 is 2.79 bits per heavy atom. The lowest BCUT2D eigenvalue weighted by molar-refractivity contribution is 1.00. The number of benzene rings is 2. The molecule has 0 N–H and O–H groups in total. The standard InChI is InChI=1S/C21H18N2S/c1-2-23-19-11-5-6-12-20(19)24-21(23)13-7-8-16-14-15-22-18-10-4-3-9-17(16)18/h3-15H,2H2,1H3. The summed E-state index contributed by atoms with van der Waals surface area (Å²) in [5.74, 6) is 0. The fraction of sp³-hybridized carbons (Fsp3) is 0.0952. The van der Waals surface area contributed by atoms with E-state index in [-0.39, 0.29) is 0 Å². The Morgan fingerprint density at radius 2 is 1.88 bits per heavy atom. The number of thioether (sulfide) groups is 1. The van der Waals surface area contributed by atoms with Gasteiger partial charge in [0.15, 0.2) is 0 Å². The summed E-state index contributed by atoms with van der Waals surface area (Å²) in [5, 5.41) is 2.46. The van der Waals surface area contributed by atoms with E-state index in [1.54, 1.807) is 0 Å². The van der Waals surface area contributed by atoms with Crippen molar-refractivity contribution in [3.05, 3.63) is 83.5 Å². The van der Waals surface area contributed by atoms with E-state index in [0.29, 0.717) is 0 Å². The van der Waals surface area contributed by atoms with E-state index in [0.717, 1.165) is 12.1 Å². The first-order chi connectivity index (χ1) is 11.9. The van der Waals surface area contributed by atoms with E-state index < -0.39 is 0 Å². The predicted octanol–water partition coefficient (Wildman–Crippen LogP) is 5.72. The van der Waals surface area contributed by atoms with Gasteiger partial charge in [-0.25, -0.2) is 0 Å². The van der Waals surface area contributed by atoms with Crippen molar-refractivity contribution in [1.29, 1.82) is 0 Å². The number of hydrogen-bond acceptors (Lipinski definition) is 3. The van der Waals surface area contributed by atoms with Gasteiger partial charge in [-0.1, -0.05) is 54.2 Å². The van der Waals surface area contributed by atoms with Crippen molar-refractivity contribution in [2.75, 3.05) is 11.4 Å². The maximum Gasteiger partial charge on any atom is 0.0801 e. The molecule has 0 radical (unpaired) electrons. The monoisotopic (exact) mass is 330 g/mol. The molecule has 0 amide bonds. The van der Waals surface area contributed by atoms with Crippen molar-refractivity contribution in [3.63, 3.8) is 0 Å². The molecule has 0 aliphatic carbocycles. The van der Waals surface area contributed by atoms with Gasteiger partial charge < -0.3 is 4.90 Å². The summed E-state index contributed by atoms with van der Waals surface area (Å²) in [5.41, 5.74) is 3.53. The summed E-state index contributed by atoms with van der Waals surface area (Å²) in [6, 6.07) is 18.9. The first-order valence-corrected chi connectivity index (χ1v) is 8.95. The molecule has 2 nitrogen and oxygen atoms in total. The molecule has 1 aromatic heterocycles. The smallest absolute Gasteiger partial charge is 0.0801 e. The minimum absolute atomic E-state index is 0.974. The molecule has 24 heavy (non-hydrogen) atoms. The zero-order valence-electron chi connectivity index (χ0n) is 13.5. The summed E-state index contributed by atoms with van der Waals surface area (Å²) in [6.45, 7) is 3.17. The molecule has 2 heterocycles. The van der Waals surface area contributed by atoms with Crippen LogP contribution in [0.3, 0.4) is 0 Å². The lowest BCUT2D eigenvalue weighted by Gasteiger charge is -2.17. The molecule has 2 aromatic carbocycles. The molecule has 118 valence electrons. The highest BCUT2D eigenvalue weighted by atomic mass is 32.2. The Morgan fingerprint density at radius 1 is 1.04 bits per heavy atom. The quantitative estimate of drug-likeness (QED) is 0.611. The number of nitrogens with zero attached hydrogens (tertiary/aromatic N) is 2. The van der Waals surface area contributed by atoms with Crippen molar-refractivity contribution in [3.8, 4) is 0 Å². The highest BCUT2D eigenvalue weighted by Crippen LogP contribution is 2.45. The van der Waals surface area contributed by atoms with Crippen LogP contribution in [0.15, 0.2) is 82.9 Å². The topological polar surface area (TPSA) is 16.1 Å². The molecule has 1 aliphatic heterocycles. The van der Waals surface area contributed by atoms with Crippen LogP contribution in [0.4, 0.5) is 5.69 Å². The lowest BCUT2D eigenvalue weighted by Crippen LogP contribution is -2.16. The highest BCUT2D eigenvalue weighted by Gasteiger charge is 2.22. The number of allylic oxidation sites excluding steroid dienone is 2. The largest absolute Gasteiger partial charge is 0.335 e. The first kappa shape index (κ1) is 15.0. The number of fused-ring (bicyclic) bond motifs is 2. The van der Waals surface area contributed by atoms with Crippen LogP contribution in [-0.2, 0) is 0 Å². The Labute approximate surface area is 146 Å². The normalized spacial score (nSPS) is 15.5. The predicted molar refractivity (Wildman–Crippen MR) is 104 cm³/mol. The van der Waals surface area contributed by atoms with Gasteiger partial charge in [-0.05, 0) is 42.8 Å². The van der Waals surface area contributed by atoms with Crippen molar-refractivity contribution >= 4 is 34.4 Å². The maximum absolute atomic E-state index is 4.42. The van der Waals surface area contributed by atoms with Gasteiger partial charge in [0.2, 0.25) is 0 Å². The van der Waals surface area contributed by atoms with Crippen LogP contribution < -0.4 is 4.90 Å². The molecule has 3 aromatic rings. The van der Waals surface area contributed by atoms with Crippen LogP contribution in [0.2, 0.25) is 0 Å². The van der Waals surface area contributed by atoms with Crippen LogP contribution in [0.25, 0.3) is 17.0 Å². The number of anilines is 1. The average Bonchev–Trinajstić information content (AvgIpc) is 2.99. The van der Waals surface area contributed by atoms with Gasteiger partial charge in [0, 0.05) is 23.0 Å². The third kappa shape index (κ3) is 2.72. The van der Waals surface area contributed by atoms with Gasteiger partial charge in [-0.3, -0.25) is 4.98 Å². The zero-order valence-corrected chi connectivity index (χ0v) is 14.3. The molecule has 0 fully saturated rings. The van der Waals surface area contributed by atoms with E-state index in [2.05, 4.69) is 77.5 Å². The van der Waals surface area contributed by atoms with Crippen LogP contribution in [0.1, 0.15) is 12.5 Å². The number of aromatic nitrogens is 1. The van der Waals surface area contributed by atoms with Crippen molar-refractivity contribution < 1.29 is 0 Å². The highest BCUT2D eigenvalue weighted by molar-refractivity contribution is 8.03. The summed E-state index contributed by atoms with van der Waals surface area (Å²) in [6.07, 6.45) is 8.37. The van der Waals surface area contributed by atoms with Crippen LogP contribution in [0.5, 0.6) is 0 Å². The molecule has 0 saturated carbocycles. The van der Waals surface area contributed by atoms with Gasteiger partial charge in [-0.15, -0.1) is 0 Å². The lowest BCUT2D eigenvalue weighted by atomic mass is 10.1. The fourth-order valence-corrected chi connectivity index (χ4v) is 4.14. The maximum atomic E-state index is 4.42. The Kier molecular flexibility index (Phi) is 4.09. The van der Waals surface area contributed by atoms with Gasteiger partial charge >= 0.3 is 0 Å². The molecule has 4 rings (SSSR count). The first-order valence-electron chi connectivity index (χ1n) is 8.13. The van der Waals surface area contributed by atoms with E-state index in [1.165, 1.54) is 26.6 Å². The fourth-order valence-electron chi connectivity index (χ4n) is 3.00. The van der Waals surface area contributed by atoms with E-state index in [1.807, 2.05) is 30.1 Å². The minimum Gasteiger partial charge on any atom is -0.335 e. The molecule has 0 atom stereocenters. The molecule has 1 aliphatic rings. The second-order valence-electron chi connectivity index (χ2n) is 5.60. The van der Waals surface area contributed by atoms with Gasteiger partial charge in [0.05, 0.1) is 16.2 Å². The van der Waals surface area contributed by atoms with E-state index in [4.69, 9.17) is 0 Å². The molecular weight excluding hydrogens is 312 g/mol. The summed E-state index contributed by atoms with van der Waals surface area (Å²) in [7, 11) is 0. The molecule has 3 heteroatoms. The van der Waals surface area contributed by atoms with Gasteiger partial charge in [-0.2, -0.15) is 0 Å². The molecule has 0 bridgehead atoms. The van der Waals surface area contributed by atoms with Crippen molar-refractivity contribution in [2.45, 2.75) is 11.8 Å². The number of hydrogen-bond donors (Lipinski definition) is 0. The van der Waals surface area contributed by atoms with Crippen molar-refractivity contribution in [1.82, 2.24) is 4.98 Å². The molecule has 0 spiro atoms. The second-order valence-corrected chi connectivity index (χ2v) is 6.66. The third-order valence-electron chi connectivity index (χ3n) is 4.15. The van der Waals surface area contributed by atoms with Crippen LogP contribution in [-0.4, -0.2) is 11.5 Å². The number of para-hydroxylation sites is 2. The van der Waals surface area contributed by atoms with Gasteiger partial charge in [0.25, 0.3) is 0 Å². The SMILES string of the molecule is CCN1C(=CC=Cc2ccnc3ccccc23)Sc2ccccc21. The number of pyridine rings is 1. The molecule has 0 saturated heterocycles. The average molecular weight is 330 g/mol. The minimum atomic E-state index is 0.974. The van der Waals surface area contributed by atoms with Gasteiger partial charge in [0.1, 0.15) is 0 Å². The van der Waals surface area contributed by atoms with Crippen LogP contribution >= 0.6 is 11.8 Å². The molecule has 0 unspecified atom stereocenters.